The lowest BCUT2D eigenvalue weighted by Crippen LogP contribution is -2.35. The first-order valence-corrected chi connectivity index (χ1v) is 4.60. The maximum absolute atomic E-state index is 13.1. The Hall–Kier alpha value is -2.00. The molecule has 17 heavy (non-hydrogen) atoms. The molecule has 0 spiro atoms. The zero-order valence-electron chi connectivity index (χ0n) is 8.64. The fourth-order valence-corrected chi connectivity index (χ4v) is 1.06. The van der Waals surface area contributed by atoms with Crippen LogP contribution in [-0.4, -0.2) is 11.9 Å². The lowest BCUT2D eigenvalue weighted by atomic mass is 10.2. The van der Waals surface area contributed by atoms with Gasteiger partial charge in [0.2, 0.25) is 5.91 Å². The molecule has 1 rings (SSSR count). The smallest absolute Gasteiger partial charge is 0.242 e. The number of nitrogens with two attached hydrogens (primary N) is 1. The predicted molar refractivity (Wildman–Crippen MR) is 56.4 cm³/mol. The van der Waals surface area contributed by atoms with Crippen LogP contribution >= 0.6 is 0 Å². The Labute approximate surface area is 95.8 Å². The zero-order chi connectivity index (χ0) is 13.0. The van der Waals surface area contributed by atoms with Gasteiger partial charge in [0.25, 0.3) is 0 Å². The van der Waals surface area contributed by atoms with E-state index in [0.717, 1.165) is 0 Å². The number of hydrogen-bond donors (Lipinski definition) is 2. The van der Waals surface area contributed by atoms with Gasteiger partial charge in [-0.25, -0.2) is 13.2 Å². The van der Waals surface area contributed by atoms with Crippen molar-refractivity contribution in [3.63, 3.8) is 0 Å². The average Bonchev–Trinajstić information content (AvgIpc) is 2.26. The highest BCUT2D eigenvalue weighted by Crippen LogP contribution is 2.18. The van der Waals surface area contributed by atoms with Crippen molar-refractivity contribution in [3.8, 4) is 12.3 Å². The van der Waals surface area contributed by atoms with Crippen LogP contribution in [0.1, 0.15) is 6.42 Å². The molecule has 6 heteroatoms. The summed E-state index contributed by atoms with van der Waals surface area (Å²) in [4.78, 5) is 11.3. The van der Waals surface area contributed by atoms with E-state index in [1.165, 1.54) is 0 Å². The Balaban J connectivity index is 2.86. The van der Waals surface area contributed by atoms with Gasteiger partial charge in [-0.1, -0.05) is 0 Å². The molecule has 0 saturated heterocycles. The van der Waals surface area contributed by atoms with Gasteiger partial charge in [0.05, 0.1) is 11.7 Å². The summed E-state index contributed by atoms with van der Waals surface area (Å²) < 4.78 is 38.5. The molecule has 0 aliphatic carbocycles. The van der Waals surface area contributed by atoms with Crippen molar-refractivity contribution in [1.29, 1.82) is 0 Å². The first-order valence-electron chi connectivity index (χ1n) is 4.60. The molecule has 1 atom stereocenters. The summed E-state index contributed by atoms with van der Waals surface area (Å²) in [6.07, 6.45) is 4.90. The lowest BCUT2D eigenvalue weighted by molar-refractivity contribution is -0.117. The molecular weight excluding hydrogens is 233 g/mol. The van der Waals surface area contributed by atoms with Crippen molar-refractivity contribution in [2.24, 2.45) is 5.73 Å². The van der Waals surface area contributed by atoms with Crippen molar-refractivity contribution < 1.29 is 18.0 Å². The standard InChI is InChI=1S/C11H9F3N2O/c1-2-3-9(15)11(17)16-10-5-7(13)6(12)4-8(10)14/h1,4-5,9H,3,15H2,(H,16,17). The summed E-state index contributed by atoms with van der Waals surface area (Å²) in [5, 5.41) is 2.02. The molecule has 90 valence electrons. The van der Waals surface area contributed by atoms with Crippen molar-refractivity contribution in [1.82, 2.24) is 0 Å². The van der Waals surface area contributed by atoms with E-state index in [9.17, 15) is 18.0 Å². The number of amides is 1. The zero-order valence-corrected chi connectivity index (χ0v) is 8.64. The predicted octanol–water partition coefficient (Wildman–Crippen LogP) is 1.39. The van der Waals surface area contributed by atoms with Crippen molar-refractivity contribution in [3.05, 3.63) is 29.6 Å². The molecule has 0 saturated carbocycles. The third-order valence-electron chi connectivity index (χ3n) is 1.94. The number of carbonyl (C=O) groups is 1. The van der Waals surface area contributed by atoms with Gasteiger partial charge in [0.15, 0.2) is 11.6 Å². The van der Waals surface area contributed by atoms with Crippen molar-refractivity contribution in [2.45, 2.75) is 12.5 Å². The molecule has 1 unspecified atom stereocenters. The highest BCUT2D eigenvalue weighted by atomic mass is 19.2. The molecule has 0 radical (unpaired) electrons. The normalized spacial score (nSPS) is 11.7. The van der Waals surface area contributed by atoms with Gasteiger partial charge in [-0.05, 0) is 0 Å². The summed E-state index contributed by atoms with van der Waals surface area (Å²) >= 11 is 0. The van der Waals surface area contributed by atoms with E-state index in [2.05, 4.69) is 5.92 Å². The van der Waals surface area contributed by atoms with Gasteiger partial charge >= 0.3 is 0 Å². The number of anilines is 1. The monoisotopic (exact) mass is 242 g/mol. The molecule has 0 bridgehead atoms. The molecule has 3 nitrogen and oxygen atoms in total. The summed E-state index contributed by atoms with van der Waals surface area (Å²) in [5.41, 5.74) is 4.86. The Morgan fingerprint density at radius 2 is 1.94 bits per heavy atom. The van der Waals surface area contributed by atoms with Gasteiger partial charge in [-0.3, -0.25) is 4.79 Å². The van der Waals surface area contributed by atoms with Crippen LogP contribution in [0.25, 0.3) is 0 Å². The van der Waals surface area contributed by atoms with Gasteiger partial charge in [-0.15, -0.1) is 12.3 Å². The number of nitrogens with one attached hydrogen (secondary N) is 1. The number of rotatable bonds is 3. The molecule has 1 aromatic carbocycles. The second kappa shape index (κ2) is 5.37. The van der Waals surface area contributed by atoms with E-state index in [0.29, 0.717) is 12.1 Å². The fraction of sp³-hybridized carbons (Fsp3) is 0.182. The first-order chi connectivity index (χ1) is 7.95. The molecule has 3 N–H and O–H groups in total. The summed E-state index contributed by atoms with van der Waals surface area (Å²) in [6.45, 7) is 0. The van der Waals surface area contributed by atoms with Crippen LogP contribution in [0.4, 0.5) is 18.9 Å². The largest absolute Gasteiger partial charge is 0.322 e. The fourth-order valence-electron chi connectivity index (χ4n) is 1.06. The second-order valence-corrected chi connectivity index (χ2v) is 3.25. The van der Waals surface area contributed by atoms with Crippen LogP contribution in [0.5, 0.6) is 0 Å². The van der Waals surface area contributed by atoms with Gasteiger partial charge in [0.1, 0.15) is 5.82 Å². The minimum atomic E-state index is -1.34. The van der Waals surface area contributed by atoms with E-state index in [1.54, 1.807) is 0 Å². The van der Waals surface area contributed by atoms with Crippen LogP contribution in [0.3, 0.4) is 0 Å². The van der Waals surface area contributed by atoms with E-state index in [-0.39, 0.29) is 6.42 Å². The molecule has 1 amide bonds. The Morgan fingerprint density at radius 1 is 1.35 bits per heavy atom. The average molecular weight is 242 g/mol. The van der Waals surface area contributed by atoms with E-state index in [4.69, 9.17) is 12.2 Å². The number of terminal acetylenes is 1. The molecular formula is C11H9F3N2O. The van der Waals surface area contributed by atoms with E-state index >= 15 is 0 Å². The van der Waals surface area contributed by atoms with Crippen molar-refractivity contribution in [2.75, 3.05) is 5.32 Å². The lowest BCUT2D eigenvalue weighted by Gasteiger charge is -2.10. The molecule has 0 aliphatic heterocycles. The topological polar surface area (TPSA) is 55.1 Å². The molecule has 1 aromatic rings. The van der Waals surface area contributed by atoms with E-state index < -0.39 is 35.1 Å². The summed E-state index contributed by atoms with van der Waals surface area (Å²) in [7, 11) is 0. The molecule has 0 aliphatic rings. The first kappa shape index (κ1) is 13.1. The Morgan fingerprint density at radius 3 is 2.53 bits per heavy atom. The minimum absolute atomic E-state index is 0.0445. The van der Waals surface area contributed by atoms with Crippen LogP contribution < -0.4 is 11.1 Å². The molecule has 0 heterocycles. The SMILES string of the molecule is C#CCC(N)C(=O)Nc1cc(F)c(F)cc1F. The van der Waals surface area contributed by atoms with Crippen LogP contribution in [0.15, 0.2) is 12.1 Å². The Bertz CT molecular complexity index is 482. The van der Waals surface area contributed by atoms with Crippen molar-refractivity contribution >= 4 is 11.6 Å². The van der Waals surface area contributed by atoms with Crippen LogP contribution in [0, 0.1) is 29.8 Å². The molecule has 0 fully saturated rings. The number of carbonyl (C=O) groups excluding carboxylic acids is 1. The highest BCUT2D eigenvalue weighted by Gasteiger charge is 2.16. The third kappa shape index (κ3) is 3.23. The van der Waals surface area contributed by atoms with E-state index in [1.807, 2.05) is 5.32 Å². The van der Waals surface area contributed by atoms with Crippen LogP contribution in [0.2, 0.25) is 0 Å². The quantitative estimate of drug-likeness (QED) is 0.621. The maximum Gasteiger partial charge on any atom is 0.242 e. The van der Waals surface area contributed by atoms with Gasteiger partial charge in [-0.2, -0.15) is 0 Å². The minimum Gasteiger partial charge on any atom is -0.322 e. The third-order valence-corrected chi connectivity index (χ3v) is 1.94. The second-order valence-electron chi connectivity index (χ2n) is 3.25. The van der Waals surface area contributed by atoms with Gasteiger partial charge in [0, 0.05) is 18.6 Å². The van der Waals surface area contributed by atoms with Gasteiger partial charge < -0.3 is 11.1 Å². The van der Waals surface area contributed by atoms with Crippen LogP contribution in [-0.2, 0) is 4.79 Å². The maximum atomic E-state index is 13.1. The molecule has 0 aromatic heterocycles. The highest BCUT2D eigenvalue weighted by molar-refractivity contribution is 5.94. The number of benzene rings is 1. The summed E-state index contributed by atoms with van der Waals surface area (Å²) in [6, 6.07) is -0.171. The summed E-state index contributed by atoms with van der Waals surface area (Å²) in [5.74, 6) is -2.32. The Kier molecular flexibility index (Phi) is 4.12. The number of halogens is 3. The number of hydrogen-bond acceptors (Lipinski definition) is 2.